The minimum atomic E-state index is -0.481. The second-order valence-electron chi connectivity index (χ2n) is 5.32. The standard InChI is InChI=1S/C18H17N3O3S/c1-20(13-15-6-3-2-4-7-15)18(25)19-17(22)11-10-14-8-5-9-16(12-14)21(23)24/h2-12H,13H2,1H3,(H,19,22,25)/b11-10+. The monoisotopic (exact) mass is 355 g/mol. The molecule has 2 aromatic rings. The summed E-state index contributed by atoms with van der Waals surface area (Å²) in [5.41, 5.74) is 1.61. The number of nitro groups is 1. The van der Waals surface area contributed by atoms with Gasteiger partial charge < -0.3 is 4.90 Å². The molecule has 0 atom stereocenters. The van der Waals surface area contributed by atoms with Crippen LogP contribution >= 0.6 is 12.2 Å². The summed E-state index contributed by atoms with van der Waals surface area (Å²) >= 11 is 5.21. The SMILES string of the molecule is CN(Cc1ccccc1)C(=S)NC(=O)/C=C/c1cccc([N+](=O)[O-])c1. The van der Waals surface area contributed by atoms with Gasteiger partial charge in [-0.3, -0.25) is 20.2 Å². The zero-order chi connectivity index (χ0) is 18.2. The van der Waals surface area contributed by atoms with Gasteiger partial charge in [-0.25, -0.2) is 0 Å². The zero-order valence-electron chi connectivity index (χ0n) is 13.6. The normalized spacial score (nSPS) is 10.4. The van der Waals surface area contributed by atoms with Crippen molar-refractivity contribution in [3.05, 3.63) is 81.9 Å². The third kappa shape index (κ3) is 5.82. The number of rotatable bonds is 5. The van der Waals surface area contributed by atoms with Crippen LogP contribution in [0.5, 0.6) is 0 Å². The molecular formula is C18H17N3O3S. The average molecular weight is 355 g/mol. The van der Waals surface area contributed by atoms with E-state index in [1.807, 2.05) is 30.3 Å². The van der Waals surface area contributed by atoms with Crippen LogP contribution in [-0.2, 0) is 11.3 Å². The highest BCUT2D eigenvalue weighted by Crippen LogP contribution is 2.14. The molecule has 0 aromatic heterocycles. The lowest BCUT2D eigenvalue weighted by molar-refractivity contribution is -0.384. The number of non-ortho nitro benzene ring substituents is 1. The Labute approximate surface area is 150 Å². The van der Waals surface area contributed by atoms with E-state index in [1.165, 1.54) is 24.3 Å². The second kappa shape index (κ2) is 8.70. The van der Waals surface area contributed by atoms with E-state index < -0.39 is 10.8 Å². The van der Waals surface area contributed by atoms with E-state index in [1.54, 1.807) is 24.1 Å². The minimum absolute atomic E-state index is 0.0272. The van der Waals surface area contributed by atoms with Gasteiger partial charge in [0.25, 0.3) is 5.69 Å². The molecule has 1 N–H and O–H groups in total. The van der Waals surface area contributed by atoms with Gasteiger partial charge in [0.05, 0.1) is 4.92 Å². The lowest BCUT2D eigenvalue weighted by Gasteiger charge is -2.19. The van der Waals surface area contributed by atoms with Gasteiger partial charge in [0.2, 0.25) is 5.91 Å². The number of hydrogen-bond donors (Lipinski definition) is 1. The van der Waals surface area contributed by atoms with E-state index in [9.17, 15) is 14.9 Å². The summed E-state index contributed by atoms with van der Waals surface area (Å²) in [6.45, 7) is 0.578. The molecule has 0 spiro atoms. The molecule has 0 fully saturated rings. The Morgan fingerprint density at radius 3 is 2.64 bits per heavy atom. The van der Waals surface area contributed by atoms with Crippen LogP contribution in [0.3, 0.4) is 0 Å². The molecule has 0 aliphatic rings. The Kier molecular flexibility index (Phi) is 6.36. The first kappa shape index (κ1) is 18.3. The van der Waals surface area contributed by atoms with Crippen LogP contribution in [0.1, 0.15) is 11.1 Å². The van der Waals surface area contributed by atoms with E-state index in [4.69, 9.17) is 12.2 Å². The molecule has 128 valence electrons. The minimum Gasteiger partial charge on any atom is -0.348 e. The molecule has 7 heteroatoms. The molecule has 2 rings (SSSR count). The molecule has 0 heterocycles. The van der Waals surface area contributed by atoms with Crippen molar-refractivity contribution in [2.45, 2.75) is 6.54 Å². The summed E-state index contributed by atoms with van der Waals surface area (Å²) < 4.78 is 0. The molecule has 0 aliphatic heterocycles. The summed E-state index contributed by atoms with van der Waals surface area (Å²) in [7, 11) is 1.79. The molecule has 0 saturated heterocycles. The number of amides is 1. The maximum absolute atomic E-state index is 12.0. The Bertz CT molecular complexity index is 806. The van der Waals surface area contributed by atoms with Crippen molar-refractivity contribution in [2.75, 3.05) is 7.05 Å². The summed E-state index contributed by atoms with van der Waals surface area (Å²) in [6, 6.07) is 15.8. The molecule has 0 saturated carbocycles. The molecule has 1 amide bonds. The molecule has 0 radical (unpaired) electrons. The van der Waals surface area contributed by atoms with Crippen LogP contribution in [0.15, 0.2) is 60.7 Å². The van der Waals surface area contributed by atoms with E-state index >= 15 is 0 Å². The Morgan fingerprint density at radius 1 is 1.24 bits per heavy atom. The van der Waals surface area contributed by atoms with Gasteiger partial charge >= 0.3 is 0 Å². The highest BCUT2D eigenvalue weighted by Gasteiger charge is 2.08. The first-order valence-corrected chi connectivity index (χ1v) is 7.89. The van der Waals surface area contributed by atoms with Crippen molar-refractivity contribution >= 4 is 35.0 Å². The van der Waals surface area contributed by atoms with Crippen LogP contribution < -0.4 is 5.32 Å². The molecular weight excluding hydrogens is 338 g/mol. The topological polar surface area (TPSA) is 75.5 Å². The molecule has 0 aliphatic carbocycles. The predicted octanol–water partition coefficient (Wildman–Crippen LogP) is 3.14. The Hall–Kier alpha value is -3.06. The van der Waals surface area contributed by atoms with Crippen molar-refractivity contribution in [3.8, 4) is 0 Å². The number of carbonyl (C=O) groups excluding carboxylic acids is 1. The van der Waals surface area contributed by atoms with Gasteiger partial charge in [0, 0.05) is 31.8 Å². The lowest BCUT2D eigenvalue weighted by Crippen LogP contribution is -2.39. The van der Waals surface area contributed by atoms with Crippen molar-refractivity contribution in [1.29, 1.82) is 0 Å². The largest absolute Gasteiger partial charge is 0.348 e. The second-order valence-corrected chi connectivity index (χ2v) is 5.71. The van der Waals surface area contributed by atoms with E-state index in [0.29, 0.717) is 17.2 Å². The smallest absolute Gasteiger partial charge is 0.270 e. The van der Waals surface area contributed by atoms with Crippen molar-refractivity contribution < 1.29 is 9.72 Å². The lowest BCUT2D eigenvalue weighted by atomic mass is 10.2. The van der Waals surface area contributed by atoms with Gasteiger partial charge in [-0.15, -0.1) is 0 Å². The summed E-state index contributed by atoms with van der Waals surface area (Å²) in [5.74, 6) is -0.392. The quantitative estimate of drug-likeness (QED) is 0.386. The number of nitrogens with one attached hydrogen (secondary N) is 1. The Morgan fingerprint density at radius 2 is 1.96 bits per heavy atom. The summed E-state index contributed by atoms with van der Waals surface area (Å²) in [5, 5.41) is 13.6. The van der Waals surface area contributed by atoms with Gasteiger partial charge in [-0.05, 0) is 29.4 Å². The third-order valence-corrected chi connectivity index (χ3v) is 3.76. The number of benzene rings is 2. The van der Waals surface area contributed by atoms with Crippen LogP contribution in [0.25, 0.3) is 6.08 Å². The van der Waals surface area contributed by atoms with Crippen LogP contribution in [-0.4, -0.2) is 27.9 Å². The fourth-order valence-corrected chi connectivity index (χ4v) is 2.25. The van der Waals surface area contributed by atoms with Gasteiger partial charge in [0.15, 0.2) is 5.11 Å². The van der Waals surface area contributed by atoms with Crippen LogP contribution in [0, 0.1) is 10.1 Å². The van der Waals surface area contributed by atoms with Gasteiger partial charge in [-0.2, -0.15) is 0 Å². The first-order valence-electron chi connectivity index (χ1n) is 7.48. The average Bonchev–Trinajstić information content (AvgIpc) is 2.61. The zero-order valence-corrected chi connectivity index (χ0v) is 14.4. The van der Waals surface area contributed by atoms with Crippen molar-refractivity contribution in [1.82, 2.24) is 10.2 Å². The van der Waals surface area contributed by atoms with Gasteiger partial charge in [-0.1, -0.05) is 42.5 Å². The van der Waals surface area contributed by atoms with Crippen LogP contribution in [0.2, 0.25) is 0 Å². The first-order chi connectivity index (χ1) is 12.0. The number of carbonyl (C=O) groups is 1. The molecule has 0 bridgehead atoms. The highest BCUT2D eigenvalue weighted by atomic mass is 32.1. The Balaban J connectivity index is 1.91. The number of nitrogens with zero attached hydrogens (tertiary/aromatic N) is 2. The van der Waals surface area contributed by atoms with Gasteiger partial charge in [0.1, 0.15) is 0 Å². The summed E-state index contributed by atoms with van der Waals surface area (Å²) in [6.07, 6.45) is 2.80. The number of hydrogen-bond acceptors (Lipinski definition) is 4. The molecule has 6 nitrogen and oxygen atoms in total. The predicted molar refractivity (Wildman–Crippen MR) is 101 cm³/mol. The van der Waals surface area contributed by atoms with Crippen molar-refractivity contribution in [3.63, 3.8) is 0 Å². The number of nitro benzene ring substituents is 1. The van der Waals surface area contributed by atoms with Crippen molar-refractivity contribution in [2.24, 2.45) is 0 Å². The molecule has 25 heavy (non-hydrogen) atoms. The van der Waals surface area contributed by atoms with E-state index in [-0.39, 0.29) is 5.69 Å². The summed E-state index contributed by atoms with van der Waals surface area (Å²) in [4.78, 5) is 24.0. The maximum Gasteiger partial charge on any atom is 0.270 e. The fraction of sp³-hybridized carbons (Fsp3) is 0.111. The number of thiocarbonyl (C=S) groups is 1. The highest BCUT2D eigenvalue weighted by molar-refractivity contribution is 7.80. The molecule has 2 aromatic carbocycles. The van der Waals surface area contributed by atoms with E-state index in [2.05, 4.69) is 5.32 Å². The van der Waals surface area contributed by atoms with E-state index in [0.717, 1.165) is 5.56 Å². The third-order valence-electron chi connectivity index (χ3n) is 3.35. The maximum atomic E-state index is 12.0. The van der Waals surface area contributed by atoms with Crippen LogP contribution in [0.4, 0.5) is 5.69 Å². The fourth-order valence-electron chi connectivity index (χ4n) is 2.09. The molecule has 0 unspecified atom stereocenters.